The Morgan fingerprint density at radius 2 is 0.946 bits per heavy atom. The molecular weight excluding hydrogens is 737 g/mol. The van der Waals surface area contributed by atoms with E-state index in [1.54, 1.807) is 9.80 Å². The van der Waals surface area contributed by atoms with Crippen LogP contribution < -0.4 is 15.5 Å². The van der Waals surface area contributed by atoms with E-state index >= 15 is 0 Å². The summed E-state index contributed by atoms with van der Waals surface area (Å²) in [5, 5.41) is 1.12. The van der Waals surface area contributed by atoms with Gasteiger partial charge in [0, 0.05) is 0 Å². The lowest BCUT2D eigenvalue weighted by Gasteiger charge is -2.16. The third kappa shape index (κ3) is 7.16. The molecule has 7 aromatic rings. The summed E-state index contributed by atoms with van der Waals surface area (Å²) in [6, 6.07) is 50.1. The van der Waals surface area contributed by atoms with Gasteiger partial charge in [-0.3, -0.25) is 19.4 Å². The number of imidazole rings is 1. The fraction of sp³-hybridized carbons (Fsp3) is 0. The van der Waals surface area contributed by atoms with Crippen molar-refractivity contribution >= 4 is 91.6 Å². The van der Waals surface area contributed by atoms with Gasteiger partial charge in [-0.15, -0.1) is 0 Å². The first kappa shape index (κ1) is 34.8. The largest absolute Gasteiger partial charge is 0.323 e. The minimum atomic E-state index is -0.282. The minimum absolute atomic E-state index is 0.120. The molecule has 2 saturated heterocycles. The minimum Gasteiger partial charge on any atom is -0.306 e. The maximum absolute atomic E-state index is 14.0. The molecule has 56 heavy (non-hydrogen) atoms. The predicted molar refractivity (Wildman–Crippen MR) is 230 cm³/mol. The van der Waals surface area contributed by atoms with E-state index in [0.717, 1.165) is 33.6 Å². The number of thioether (sulfide) groups is 2. The van der Waals surface area contributed by atoms with Crippen molar-refractivity contribution in [3.05, 3.63) is 189 Å². The van der Waals surface area contributed by atoms with Gasteiger partial charge in [-0.2, -0.15) is 0 Å². The molecule has 0 bridgehead atoms. The second-order valence-electron chi connectivity index (χ2n) is 12.9. The van der Waals surface area contributed by atoms with E-state index in [2.05, 4.69) is 9.97 Å². The third-order valence-corrected chi connectivity index (χ3v) is 11.0. The molecule has 270 valence electrons. The number of benzene rings is 6. The monoisotopic (exact) mass is 766 g/mol. The first-order chi connectivity index (χ1) is 27.4. The van der Waals surface area contributed by atoms with Gasteiger partial charge in [-0.25, -0.2) is 14.8 Å². The molecule has 2 aliphatic rings. The Morgan fingerprint density at radius 1 is 0.464 bits per heavy atom. The normalized spacial score (nSPS) is 17.4. The average Bonchev–Trinajstić information content (AvgIpc) is 3.86. The van der Waals surface area contributed by atoms with Gasteiger partial charge in [0.15, 0.2) is 10.3 Å². The molecule has 2 amide bonds. The SMILES string of the molecule is O=C1/C(=C/c2ccccc2)S/C(=N\c2ccc(-c3ccc(N4C(=O)/C(=C/c5ccc6[nH]c(=O)[nH]c6c5)S/C4=N\c4ccccc4)cc3)cc2)N1c1ccccc1. The van der Waals surface area contributed by atoms with Crippen LogP contribution >= 0.6 is 23.5 Å². The quantitative estimate of drug-likeness (QED) is 0.157. The van der Waals surface area contributed by atoms with E-state index in [0.29, 0.717) is 42.6 Å². The number of H-pyrrole nitrogens is 2. The van der Waals surface area contributed by atoms with Crippen LogP contribution in [-0.4, -0.2) is 32.1 Å². The second-order valence-corrected chi connectivity index (χ2v) is 14.9. The molecule has 1 aromatic heterocycles. The summed E-state index contributed by atoms with van der Waals surface area (Å²) in [5.74, 6) is -0.316. The van der Waals surface area contributed by atoms with E-state index in [1.807, 2.05) is 170 Å². The molecule has 2 aliphatic heterocycles. The summed E-state index contributed by atoms with van der Waals surface area (Å²) in [4.78, 5) is 59.2. The number of carbonyl (C=O) groups is 2. The highest BCUT2D eigenvalue weighted by atomic mass is 32.2. The zero-order valence-electron chi connectivity index (χ0n) is 29.5. The Bertz CT molecular complexity index is 2790. The highest BCUT2D eigenvalue weighted by molar-refractivity contribution is 8.19. The van der Waals surface area contributed by atoms with E-state index in [1.165, 1.54) is 23.5 Å². The molecule has 2 N–H and O–H groups in total. The molecule has 6 aromatic carbocycles. The maximum Gasteiger partial charge on any atom is 0.323 e. The first-order valence-corrected chi connectivity index (χ1v) is 19.3. The molecule has 11 heteroatoms. The number of nitrogens with zero attached hydrogens (tertiary/aromatic N) is 4. The lowest BCUT2D eigenvalue weighted by atomic mass is 10.0. The van der Waals surface area contributed by atoms with Gasteiger partial charge in [0.05, 0.1) is 43.6 Å². The van der Waals surface area contributed by atoms with Crippen LogP contribution in [0.1, 0.15) is 11.1 Å². The number of carbonyl (C=O) groups excluding carboxylic acids is 2. The van der Waals surface area contributed by atoms with Crippen LogP contribution in [0.25, 0.3) is 34.3 Å². The standard InChI is InChI=1S/C45H30N6O3S2/c52-41-39(27-29-10-4-1-5-11-29)55-45(50(41)35-14-8-3-9-15-35)47-34-21-17-31(18-22-34)32-19-23-36(24-20-32)51-42(53)40(56-44(51)46-33-12-6-2-7-13-33)28-30-16-25-37-38(26-30)49-43(54)48-37/h1-28H,(H2,48,49,54)/b39-27-,40-28-,46-44-,47-45-. The van der Waals surface area contributed by atoms with Gasteiger partial charge in [0.1, 0.15) is 0 Å². The van der Waals surface area contributed by atoms with Crippen molar-refractivity contribution in [1.29, 1.82) is 0 Å². The Kier molecular flexibility index (Phi) is 9.36. The zero-order chi connectivity index (χ0) is 38.0. The van der Waals surface area contributed by atoms with Crippen LogP contribution in [0.15, 0.2) is 182 Å². The average molecular weight is 767 g/mol. The van der Waals surface area contributed by atoms with Gasteiger partial charge in [-0.05, 0) is 119 Å². The first-order valence-electron chi connectivity index (χ1n) is 17.7. The van der Waals surface area contributed by atoms with Gasteiger partial charge in [-0.1, -0.05) is 97.1 Å². The molecule has 2 fully saturated rings. The number of aliphatic imine (C=N–C) groups is 2. The molecule has 3 heterocycles. The Balaban J connectivity index is 0.987. The number of amides is 2. The summed E-state index contributed by atoms with van der Waals surface area (Å²) in [5.41, 5.74) is 7.62. The van der Waals surface area contributed by atoms with Crippen LogP contribution in [0, 0.1) is 0 Å². The zero-order valence-corrected chi connectivity index (χ0v) is 31.1. The molecule has 0 atom stereocenters. The van der Waals surface area contributed by atoms with Crippen molar-refractivity contribution in [2.75, 3.05) is 9.80 Å². The maximum atomic E-state index is 14.0. The number of amidine groups is 2. The Labute approximate surface area is 329 Å². The number of aromatic nitrogens is 2. The number of rotatable bonds is 7. The lowest BCUT2D eigenvalue weighted by molar-refractivity contribution is -0.114. The van der Waals surface area contributed by atoms with E-state index in [9.17, 15) is 14.4 Å². The Hall–Kier alpha value is -6.95. The van der Waals surface area contributed by atoms with E-state index in [-0.39, 0.29) is 17.5 Å². The van der Waals surface area contributed by atoms with Crippen molar-refractivity contribution in [3.63, 3.8) is 0 Å². The molecule has 0 unspecified atom stereocenters. The third-order valence-electron chi connectivity index (χ3n) is 9.09. The summed E-state index contributed by atoms with van der Waals surface area (Å²) in [6.45, 7) is 0. The summed E-state index contributed by atoms with van der Waals surface area (Å²) in [6.07, 6.45) is 3.71. The van der Waals surface area contributed by atoms with Gasteiger partial charge in [0.2, 0.25) is 0 Å². The number of nitrogens with one attached hydrogen (secondary N) is 2. The molecule has 9 rings (SSSR count). The fourth-order valence-corrected chi connectivity index (χ4v) is 8.38. The number of fused-ring (bicyclic) bond motifs is 1. The molecule has 0 radical (unpaired) electrons. The summed E-state index contributed by atoms with van der Waals surface area (Å²) >= 11 is 2.66. The number of para-hydroxylation sites is 2. The highest BCUT2D eigenvalue weighted by Gasteiger charge is 2.36. The van der Waals surface area contributed by atoms with Gasteiger partial charge >= 0.3 is 5.69 Å². The molecular formula is C45H30N6O3S2. The van der Waals surface area contributed by atoms with Crippen LogP contribution in [0.5, 0.6) is 0 Å². The highest BCUT2D eigenvalue weighted by Crippen LogP contribution is 2.40. The van der Waals surface area contributed by atoms with Gasteiger partial charge in [0.25, 0.3) is 11.8 Å². The van der Waals surface area contributed by atoms with E-state index in [4.69, 9.17) is 9.98 Å². The number of hydrogen-bond acceptors (Lipinski definition) is 7. The van der Waals surface area contributed by atoms with E-state index < -0.39 is 0 Å². The lowest BCUT2D eigenvalue weighted by Crippen LogP contribution is -2.28. The van der Waals surface area contributed by atoms with Crippen molar-refractivity contribution < 1.29 is 9.59 Å². The number of hydrogen-bond donors (Lipinski definition) is 2. The molecule has 9 nitrogen and oxygen atoms in total. The number of aromatic amines is 2. The van der Waals surface area contributed by atoms with Crippen molar-refractivity contribution in [3.8, 4) is 11.1 Å². The van der Waals surface area contributed by atoms with Crippen LogP contribution in [-0.2, 0) is 9.59 Å². The summed E-state index contributed by atoms with van der Waals surface area (Å²) in [7, 11) is 0. The van der Waals surface area contributed by atoms with Gasteiger partial charge < -0.3 is 9.97 Å². The topological polar surface area (TPSA) is 114 Å². The second kappa shape index (κ2) is 15.1. The smallest absolute Gasteiger partial charge is 0.306 e. The van der Waals surface area contributed by atoms with Crippen molar-refractivity contribution in [1.82, 2.24) is 9.97 Å². The van der Waals surface area contributed by atoms with Crippen LogP contribution in [0.4, 0.5) is 22.7 Å². The van der Waals surface area contributed by atoms with Crippen LogP contribution in [0.2, 0.25) is 0 Å². The predicted octanol–water partition coefficient (Wildman–Crippen LogP) is 10.1. The van der Waals surface area contributed by atoms with Crippen LogP contribution in [0.3, 0.4) is 0 Å². The number of anilines is 2. The molecule has 0 aliphatic carbocycles. The molecule has 0 saturated carbocycles. The van der Waals surface area contributed by atoms with Crippen molar-refractivity contribution in [2.45, 2.75) is 0 Å². The summed E-state index contributed by atoms with van der Waals surface area (Å²) < 4.78 is 0. The molecule has 0 spiro atoms. The van der Waals surface area contributed by atoms with Crippen molar-refractivity contribution in [2.24, 2.45) is 9.98 Å². The fourth-order valence-electron chi connectivity index (χ4n) is 6.38. The Morgan fingerprint density at radius 3 is 1.55 bits per heavy atom.